The molecule has 0 fully saturated rings. The molecular formula is C17H17Cl2NO2. The highest BCUT2D eigenvalue weighted by molar-refractivity contribution is 6.43. The predicted molar refractivity (Wildman–Crippen MR) is 91.1 cm³/mol. The lowest BCUT2D eigenvalue weighted by atomic mass is 10.1. The zero-order valence-electron chi connectivity index (χ0n) is 12.5. The van der Waals surface area contributed by atoms with Crippen molar-refractivity contribution in [3.63, 3.8) is 0 Å². The summed E-state index contributed by atoms with van der Waals surface area (Å²) in [5.41, 5.74) is 2.74. The van der Waals surface area contributed by atoms with E-state index in [4.69, 9.17) is 27.9 Å². The average Bonchev–Trinajstić information content (AvgIpc) is 2.46. The van der Waals surface area contributed by atoms with Crippen LogP contribution in [0.4, 0.5) is 5.69 Å². The Morgan fingerprint density at radius 1 is 1.18 bits per heavy atom. The van der Waals surface area contributed by atoms with Crippen molar-refractivity contribution in [2.75, 3.05) is 11.9 Å². The summed E-state index contributed by atoms with van der Waals surface area (Å²) in [5, 5.41) is 3.47. The highest BCUT2D eigenvalue weighted by Crippen LogP contribution is 2.29. The van der Waals surface area contributed by atoms with E-state index in [1.807, 2.05) is 32.0 Å². The number of carbonyl (C=O) groups is 1. The molecule has 2 aromatic carbocycles. The van der Waals surface area contributed by atoms with E-state index in [1.54, 1.807) is 18.2 Å². The van der Waals surface area contributed by atoms with Gasteiger partial charge in [-0.05, 0) is 37.6 Å². The molecule has 2 rings (SSSR count). The van der Waals surface area contributed by atoms with Gasteiger partial charge in [-0.3, -0.25) is 4.79 Å². The third-order valence-electron chi connectivity index (χ3n) is 3.14. The maximum atomic E-state index is 11.9. The molecule has 1 N–H and O–H groups in total. The lowest BCUT2D eigenvalue weighted by molar-refractivity contribution is -0.116. The summed E-state index contributed by atoms with van der Waals surface area (Å²) in [6.45, 7) is 4.31. The van der Waals surface area contributed by atoms with Crippen LogP contribution in [0.15, 0.2) is 36.4 Å². The normalized spacial score (nSPS) is 10.4. The molecule has 2 aromatic rings. The van der Waals surface area contributed by atoms with Crippen molar-refractivity contribution < 1.29 is 9.53 Å². The number of halogens is 2. The van der Waals surface area contributed by atoms with Crippen LogP contribution < -0.4 is 10.1 Å². The highest BCUT2D eigenvalue weighted by atomic mass is 35.5. The first-order chi connectivity index (χ1) is 10.5. The Morgan fingerprint density at radius 2 is 1.95 bits per heavy atom. The molecule has 0 aliphatic carbocycles. The van der Waals surface area contributed by atoms with Crippen LogP contribution in [-0.4, -0.2) is 12.5 Å². The summed E-state index contributed by atoms with van der Waals surface area (Å²) in [5.74, 6) is 0.619. The van der Waals surface area contributed by atoms with Crippen molar-refractivity contribution in [3.8, 4) is 5.75 Å². The lowest BCUT2D eigenvalue weighted by Crippen LogP contribution is -2.15. The first-order valence-electron chi connectivity index (χ1n) is 6.91. The Hall–Kier alpha value is -1.71. The second-order valence-corrected chi connectivity index (χ2v) is 5.80. The summed E-state index contributed by atoms with van der Waals surface area (Å²) >= 11 is 11.9. The SMILES string of the molecule is Cc1ccc(OCCC(=O)Nc2cccc(Cl)c2Cl)c(C)c1. The van der Waals surface area contributed by atoms with Crippen molar-refractivity contribution >= 4 is 34.8 Å². The molecule has 5 heteroatoms. The molecule has 1 amide bonds. The van der Waals surface area contributed by atoms with Gasteiger partial charge in [-0.15, -0.1) is 0 Å². The van der Waals surface area contributed by atoms with E-state index in [1.165, 1.54) is 5.56 Å². The number of ether oxygens (including phenoxy) is 1. The molecule has 0 aromatic heterocycles. The van der Waals surface area contributed by atoms with Crippen molar-refractivity contribution in [2.24, 2.45) is 0 Å². The molecule has 22 heavy (non-hydrogen) atoms. The molecule has 0 saturated heterocycles. The molecule has 116 valence electrons. The van der Waals surface area contributed by atoms with Gasteiger partial charge >= 0.3 is 0 Å². The number of hydrogen-bond acceptors (Lipinski definition) is 2. The number of benzene rings is 2. The minimum absolute atomic E-state index is 0.172. The molecule has 0 heterocycles. The van der Waals surface area contributed by atoms with Crippen LogP contribution in [0.1, 0.15) is 17.5 Å². The van der Waals surface area contributed by atoms with Crippen molar-refractivity contribution in [3.05, 3.63) is 57.6 Å². The van der Waals surface area contributed by atoms with Crippen LogP contribution in [-0.2, 0) is 4.79 Å². The summed E-state index contributed by atoms with van der Waals surface area (Å²) < 4.78 is 5.63. The Morgan fingerprint density at radius 3 is 2.68 bits per heavy atom. The Balaban J connectivity index is 1.87. The third-order valence-corrected chi connectivity index (χ3v) is 3.96. The van der Waals surface area contributed by atoms with Gasteiger partial charge in [0.15, 0.2) is 0 Å². The number of nitrogens with one attached hydrogen (secondary N) is 1. The maximum Gasteiger partial charge on any atom is 0.227 e. The van der Waals surface area contributed by atoms with Gasteiger partial charge in [0.25, 0.3) is 0 Å². The van der Waals surface area contributed by atoms with Gasteiger partial charge < -0.3 is 10.1 Å². The number of carbonyl (C=O) groups excluding carboxylic acids is 1. The smallest absolute Gasteiger partial charge is 0.227 e. The molecule has 0 spiro atoms. The van der Waals surface area contributed by atoms with E-state index in [2.05, 4.69) is 5.32 Å². The first-order valence-corrected chi connectivity index (χ1v) is 7.67. The topological polar surface area (TPSA) is 38.3 Å². The van der Waals surface area contributed by atoms with Gasteiger partial charge in [0.05, 0.1) is 28.8 Å². The zero-order valence-corrected chi connectivity index (χ0v) is 14.0. The van der Waals surface area contributed by atoms with Gasteiger partial charge in [0, 0.05) is 0 Å². The summed E-state index contributed by atoms with van der Waals surface area (Å²) in [6, 6.07) is 11.0. The fourth-order valence-electron chi connectivity index (χ4n) is 2.03. The van der Waals surface area contributed by atoms with E-state index in [-0.39, 0.29) is 12.3 Å². The molecule has 0 atom stereocenters. The monoisotopic (exact) mass is 337 g/mol. The third kappa shape index (κ3) is 4.39. The lowest BCUT2D eigenvalue weighted by Gasteiger charge is -2.11. The van der Waals surface area contributed by atoms with Crippen LogP contribution in [0.2, 0.25) is 10.0 Å². The zero-order chi connectivity index (χ0) is 16.1. The van der Waals surface area contributed by atoms with Gasteiger partial charge in [-0.1, -0.05) is 47.0 Å². The molecule has 0 aliphatic heterocycles. The van der Waals surface area contributed by atoms with Crippen LogP contribution in [0.5, 0.6) is 5.75 Å². The average molecular weight is 338 g/mol. The number of rotatable bonds is 5. The Bertz CT molecular complexity index is 686. The molecule has 0 saturated carbocycles. The maximum absolute atomic E-state index is 11.9. The van der Waals surface area contributed by atoms with E-state index < -0.39 is 0 Å². The minimum Gasteiger partial charge on any atom is -0.493 e. The summed E-state index contributed by atoms with van der Waals surface area (Å²) in [6.07, 6.45) is 0.232. The number of aryl methyl sites for hydroxylation is 2. The van der Waals surface area contributed by atoms with E-state index >= 15 is 0 Å². The number of amides is 1. The molecule has 0 aliphatic rings. The Kier molecular flexibility index (Phi) is 5.69. The van der Waals surface area contributed by atoms with Crippen molar-refractivity contribution in [1.29, 1.82) is 0 Å². The van der Waals surface area contributed by atoms with Gasteiger partial charge in [0.1, 0.15) is 5.75 Å². The second kappa shape index (κ2) is 7.52. The van der Waals surface area contributed by atoms with Crippen LogP contribution in [0, 0.1) is 13.8 Å². The van der Waals surface area contributed by atoms with Crippen LogP contribution >= 0.6 is 23.2 Å². The second-order valence-electron chi connectivity index (χ2n) is 5.02. The van der Waals surface area contributed by atoms with E-state index in [0.29, 0.717) is 22.3 Å². The quantitative estimate of drug-likeness (QED) is 0.831. The van der Waals surface area contributed by atoms with Crippen molar-refractivity contribution in [1.82, 2.24) is 0 Å². The van der Waals surface area contributed by atoms with Gasteiger partial charge in [0.2, 0.25) is 5.91 Å². The summed E-state index contributed by atoms with van der Waals surface area (Å²) in [7, 11) is 0. The predicted octanol–water partition coefficient (Wildman–Crippen LogP) is 5.02. The standard InChI is InChI=1S/C17H17Cl2NO2/c1-11-6-7-15(12(2)10-11)22-9-8-16(21)20-14-5-3-4-13(18)17(14)19/h3-7,10H,8-9H2,1-2H3,(H,20,21). The minimum atomic E-state index is -0.172. The van der Waals surface area contributed by atoms with Crippen LogP contribution in [0.3, 0.4) is 0 Å². The largest absolute Gasteiger partial charge is 0.493 e. The molecule has 0 bridgehead atoms. The molecule has 0 radical (unpaired) electrons. The first kappa shape index (κ1) is 16.7. The van der Waals surface area contributed by atoms with Crippen molar-refractivity contribution in [2.45, 2.75) is 20.3 Å². The molecule has 3 nitrogen and oxygen atoms in total. The fourth-order valence-corrected chi connectivity index (χ4v) is 2.38. The number of anilines is 1. The summed E-state index contributed by atoms with van der Waals surface area (Å²) in [4.78, 5) is 11.9. The Labute approximate surface area is 140 Å². The van der Waals surface area contributed by atoms with E-state index in [0.717, 1.165) is 11.3 Å². The van der Waals surface area contributed by atoms with Gasteiger partial charge in [-0.2, -0.15) is 0 Å². The highest BCUT2D eigenvalue weighted by Gasteiger charge is 2.09. The molecule has 0 unspecified atom stereocenters. The van der Waals surface area contributed by atoms with Gasteiger partial charge in [-0.25, -0.2) is 0 Å². The number of hydrogen-bond donors (Lipinski definition) is 1. The van der Waals surface area contributed by atoms with E-state index in [9.17, 15) is 4.79 Å². The molecular weight excluding hydrogens is 321 g/mol. The van der Waals surface area contributed by atoms with Crippen LogP contribution in [0.25, 0.3) is 0 Å². The fraction of sp³-hybridized carbons (Fsp3) is 0.235.